The van der Waals surface area contributed by atoms with E-state index in [1.807, 2.05) is 23.0 Å². The third-order valence-electron chi connectivity index (χ3n) is 6.02. The van der Waals surface area contributed by atoms with Crippen molar-refractivity contribution in [1.29, 1.82) is 0 Å². The molecule has 0 atom stereocenters. The second-order valence-corrected chi connectivity index (χ2v) is 8.19. The molecule has 0 unspecified atom stereocenters. The number of aliphatic carboxylic acids is 1. The zero-order chi connectivity index (χ0) is 20.9. The number of rotatable bonds is 7. The van der Waals surface area contributed by atoms with Crippen LogP contribution < -0.4 is 4.74 Å². The average molecular weight is 407 g/mol. The van der Waals surface area contributed by atoms with Crippen LogP contribution in [0.1, 0.15) is 57.4 Å². The third kappa shape index (κ3) is 4.66. The van der Waals surface area contributed by atoms with Crippen LogP contribution in [0.3, 0.4) is 0 Å². The molecule has 1 N–H and O–H groups in total. The van der Waals surface area contributed by atoms with E-state index in [9.17, 15) is 4.79 Å². The van der Waals surface area contributed by atoms with Crippen molar-refractivity contribution in [3.63, 3.8) is 0 Å². The van der Waals surface area contributed by atoms with Crippen LogP contribution in [-0.4, -0.2) is 27.0 Å². The Bertz CT molecular complexity index is 1020. The molecule has 1 aliphatic carbocycles. The lowest BCUT2D eigenvalue weighted by Gasteiger charge is -2.20. The first-order valence-electron chi connectivity index (χ1n) is 11.1. The summed E-state index contributed by atoms with van der Waals surface area (Å²) in [5.41, 5.74) is 4.26. The molecule has 0 bridgehead atoms. The molecule has 1 heterocycles. The van der Waals surface area contributed by atoms with E-state index >= 15 is 0 Å². The van der Waals surface area contributed by atoms with E-state index in [1.54, 1.807) is 0 Å². The van der Waals surface area contributed by atoms with Gasteiger partial charge in [0.1, 0.15) is 5.75 Å². The zero-order valence-electron chi connectivity index (χ0n) is 17.6. The molecule has 4 rings (SSSR count). The van der Waals surface area contributed by atoms with Gasteiger partial charge in [-0.25, -0.2) is 0 Å². The topological polar surface area (TPSA) is 64.4 Å². The second-order valence-electron chi connectivity index (χ2n) is 8.19. The highest BCUT2D eigenvalue weighted by molar-refractivity contribution is 5.86. The van der Waals surface area contributed by atoms with Crippen LogP contribution in [0.15, 0.2) is 42.6 Å². The van der Waals surface area contributed by atoms with Gasteiger partial charge in [0.25, 0.3) is 0 Å². The zero-order valence-corrected chi connectivity index (χ0v) is 17.6. The molecular formula is C25H30N2O3. The minimum Gasteiger partial charge on any atom is -0.490 e. The van der Waals surface area contributed by atoms with Gasteiger partial charge in [0.15, 0.2) is 0 Å². The highest BCUT2D eigenvalue weighted by atomic mass is 16.5. The van der Waals surface area contributed by atoms with Gasteiger partial charge in [-0.3, -0.25) is 9.48 Å². The van der Waals surface area contributed by atoms with Crippen molar-refractivity contribution < 1.29 is 14.6 Å². The van der Waals surface area contributed by atoms with Crippen molar-refractivity contribution in [2.45, 2.75) is 70.9 Å². The Hall–Kier alpha value is -2.82. The van der Waals surface area contributed by atoms with Gasteiger partial charge in [0.2, 0.25) is 0 Å². The van der Waals surface area contributed by atoms with E-state index in [4.69, 9.17) is 9.84 Å². The first-order chi connectivity index (χ1) is 14.6. The Morgan fingerprint density at radius 2 is 1.93 bits per heavy atom. The minimum absolute atomic E-state index is 0.130. The molecule has 5 heteroatoms. The summed E-state index contributed by atoms with van der Waals surface area (Å²) in [5, 5.41) is 14.6. The van der Waals surface area contributed by atoms with Crippen LogP contribution in [0.5, 0.6) is 5.75 Å². The summed E-state index contributed by atoms with van der Waals surface area (Å²) >= 11 is 0. The highest BCUT2D eigenvalue weighted by Crippen LogP contribution is 2.35. The van der Waals surface area contributed by atoms with E-state index in [-0.39, 0.29) is 12.5 Å². The summed E-state index contributed by atoms with van der Waals surface area (Å²) in [6, 6.07) is 12.5. The van der Waals surface area contributed by atoms with Gasteiger partial charge < -0.3 is 9.84 Å². The number of hydrogen-bond donors (Lipinski definition) is 1. The average Bonchev–Trinajstić information content (AvgIpc) is 2.99. The van der Waals surface area contributed by atoms with Gasteiger partial charge in [-0.05, 0) is 74.4 Å². The maximum atomic E-state index is 11.0. The Morgan fingerprint density at radius 1 is 1.13 bits per heavy atom. The molecule has 0 saturated heterocycles. The molecule has 30 heavy (non-hydrogen) atoms. The number of benzene rings is 2. The van der Waals surface area contributed by atoms with E-state index < -0.39 is 5.97 Å². The summed E-state index contributed by atoms with van der Waals surface area (Å²) in [6.45, 7) is 2.93. The van der Waals surface area contributed by atoms with Crippen LogP contribution in [0, 0.1) is 0 Å². The maximum absolute atomic E-state index is 11.0. The Labute approximate surface area is 177 Å². The van der Waals surface area contributed by atoms with Gasteiger partial charge >= 0.3 is 5.97 Å². The molecule has 0 aliphatic heterocycles. The molecule has 0 spiro atoms. The fraction of sp³-hybridized carbons (Fsp3) is 0.440. The molecule has 0 radical (unpaired) electrons. The van der Waals surface area contributed by atoms with Gasteiger partial charge in [0.05, 0.1) is 17.8 Å². The van der Waals surface area contributed by atoms with Gasteiger partial charge in [-0.1, -0.05) is 25.0 Å². The number of fused-ring (bicyclic) bond motifs is 1. The highest BCUT2D eigenvalue weighted by Gasteiger charge is 2.17. The monoisotopic (exact) mass is 406 g/mol. The second kappa shape index (κ2) is 9.33. The molecule has 5 nitrogen and oxygen atoms in total. The molecule has 1 fully saturated rings. The molecule has 1 aromatic heterocycles. The Balaban J connectivity index is 1.69. The van der Waals surface area contributed by atoms with E-state index in [0.29, 0.717) is 6.42 Å². The maximum Gasteiger partial charge on any atom is 0.303 e. The molecular weight excluding hydrogens is 376 g/mol. The Morgan fingerprint density at radius 3 is 2.67 bits per heavy atom. The predicted octanol–water partition coefficient (Wildman–Crippen LogP) is 5.84. The lowest BCUT2D eigenvalue weighted by atomic mass is 9.98. The number of carboxylic acid groups (broad SMARTS) is 1. The van der Waals surface area contributed by atoms with Crippen molar-refractivity contribution in [3.05, 3.63) is 48.2 Å². The first-order valence-corrected chi connectivity index (χ1v) is 11.1. The lowest BCUT2D eigenvalue weighted by molar-refractivity contribution is -0.136. The van der Waals surface area contributed by atoms with E-state index in [2.05, 4.69) is 36.3 Å². The number of carboxylic acids is 1. The molecule has 3 aromatic rings. The summed E-state index contributed by atoms with van der Waals surface area (Å²) in [6.07, 6.45) is 10.0. The lowest BCUT2D eigenvalue weighted by Crippen LogP contribution is -2.15. The van der Waals surface area contributed by atoms with Crippen LogP contribution in [0.2, 0.25) is 0 Å². The standard InChI is InChI=1S/C25H30N2O3/c1-2-27-23-12-11-19(16-20(23)17-26-27)22-15-18(10-14-25(28)29)9-13-24(22)30-21-7-5-3-4-6-8-21/h9,11-13,15-17,21H,2-8,10,14H2,1H3,(H,28,29). The number of nitrogens with zero attached hydrogens (tertiary/aromatic N) is 2. The normalized spacial score (nSPS) is 15.2. The Kier molecular flexibility index (Phi) is 6.36. The molecule has 2 aromatic carbocycles. The number of aryl methyl sites for hydroxylation is 2. The van der Waals surface area contributed by atoms with Crippen molar-refractivity contribution in [2.75, 3.05) is 0 Å². The SMILES string of the molecule is CCn1ncc2cc(-c3cc(CCC(=O)O)ccc3OC3CCCCCC3)ccc21. The van der Waals surface area contributed by atoms with Crippen LogP contribution in [0.4, 0.5) is 0 Å². The molecule has 1 saturated carbocycles. The van der Waals surface area contributed by atoms with E-state index in [1.165, 1.54) is 25.7 Å². The molecule has 158 valence electrons. The van der Waals surface area contributed by atoms with Crippen LogP contribution in [-0.2, 0) is 17.8 Å². The summed E-state index contributed by atoms with van der Waals surface area (Å²) in [5.74, 6) is 0.118. The van der Waals surface area contributed by atoms with Crippen molar-refractivity contribution in [2.24, 2.45) is 0 Å². The number of ether oxygens (including phenoxy) is 1. The van der Waals surface area contributed by atoms with Gasteiger partial charge in [-0.2, -0.15) is 5.10 Å². The molecule has 0 amide bonds. The largest absolute Gasteiger partial charge is 0.490 e. The third-order valence-corrected chi connectivity index (χ3v) is 6.02. The number of aromatic nitrogens is 2. The van der Waals surface area contributed by atoms with Crippen molar-refractivity contribution in [1.82, 2.24) is 9.78 Å². The van der Waals surface area contributed by atoms with Crippen LogP contribution in [0.25, 0.3) is 22.0 Å². The fourth-order valence-corrected chi connectivity index (χ4v) is 4.36. The first kappa shape index (κ1) is 20.5. The quantitative estimate of drug-likeness (QED) is 0.501. The van der Waals surface area contributed by atoms with Gasteiger partial charge in [0, 0.05) is 23.9 Å². The smallest absolute Gasteiger partial charge is 0.303 e. The van der Waals surface area contributed by atoms with Crippen LogP contribution >= 0.6 is 0 Å². The molecule has 1 aliphatic rings. The van der Waals surface area contributed by atoms with Crippen molar-refractivity contribution in [3.8, 4) is 16.9 Å². The fourth-order valence-electron chi connectivity index (χ4n) is 4.36. The predicted molar refractivity (Wildman–Crippen MR) is 119 cm³/mol. The summed E-state index contributed by atoms with van der Waals surface area (Å²) < 4.78 is 8.49. The van der Waals surface area contributed by atoms with E-state index in [0.717, 1.165) is 52.7 Å². The summed E-state index contributed by atoms with van der Waals surface area (Å²) in [4.78, 5) is 11.0. The van der Waals surface area contributed by atoms with Crippen molar-refractivity contribution >= 4 is 16.9 Å². The number of hydrogen-bond acceptors (Lipinski definition) is 3. The number of carbonyl (C=O) groups is 1. The van der Waals surface area contributed by atoms with Gasteiger partial charge in [-0.15, -0.1) is 0 Å². The minimum atomic E-state index is -0.774. The summed E-state index contributed by atoms with van der Waals surface area (Å²) in [7, 11) is 0.